The molecule has 0 bridgehead atoms. The van der Waals surface area contributed by atoms with Gasteiger partial charge in [-0.1, -0.05) is 6.07 Å². The van der Waals surface area contributed by atoms with Crippen molar-refractivity contribution in [3.63, 3.8) is 0 Å². The number of benzene rings is 2. The number of methoxy groups -OCH3 is 2. The number of hydrogen-bond acceptors (Lipinski definition) is 4. The van der Waals surface area contributed by atoms with Gasteiger partial charge in [0.05, 0.1) is 19.8 Å². The molecule has 18 heavy (non-hydrogen) atoms. The van der Waals surface area contributed by atoms with Gasteiger partial charge in [0.1, 0.15) is 11.5 Å². The van der Waals surface area contributed by atoms with E-state index in [2.05, 4.69) is 0 Å². The number of nitrogens with two attached hydrogens (primary N) is 2. The zero-order valence-electron chi connectivity index (χ0n) is 10.4. The molecule has 4 N–H and O–H groups in total. The van der Waals surface area contributed by atoms with Gasteiger partial charge in [-0.25, -0.2) is 0 Å². The van der Waals surface area contributed by atoms with Crippen molar-refractivity contribution < 1.29 is 9.47 Å². The quantitative estimate of drug-likeness (QED) is 0.814. The summed E-state index contributed by atoms with van der Waals surface area (Å²) in [6.45, 7) is 0. The normalized spacial score (nSPS) is 10.1. The van der Waals surface area contributed by atoms with Crippen molar-refractivity contribution in [1.82, 2.24) is 0 Å². The van der Waals surface area contributed by atoms with Crippen LogP contribution in [0, 0.1) is 0 Å². The van der Waals surface area contributed by atoms with Crippen LogP contribution < -0.4 is 20.9 Å². The lowest BCUT2D eigenvalue weighted by molar-refractivity contribution is 0.410. The summed E-state index contributed by atoms with van der Waals surface area (Å²) in [4.78, 5) is 0. The highest BCUT2D eigenvalue weighted by Crippen LogP contribution is 2.41. The minimum absolute atomic E-state index is 0.623. The monoisotopic (exact) mass is 244 g/mol. The van der Waals surface area contributed by atoms with E-state index in [4.69, 9.17) is 20.9 Å². The van der Waals surface area contributed by atoms with E-state index < -0.39 is 0 Å². The van der Waals surface area contributed by atoms with E-state index in [1.807, 2.05) is 30.3 Å². The minimum Gasteiger partial charge on any atom is -0.496 e. The average molecular weight is 244 g/mol. The Morgan fingerprint density at radius 3 is 2.28 bits per heavy atom. The van der Waals surface area contributed by atoms with Crippen molar-refractivity contribution in [2.75, 3.05) is 25.7 Å². The molecule has 0 amide bonds. The molecule has 0 aliphatic heterocycles. The highest BCUT2D eigenvalue weighted by molar-refractivity contribution is 5.86. The van der Waals surface area contributed by atoms with Crippen LogP contribution in [0.25, 0.3) is 11.1 Å². The number of anilines is 2. The van der Waals surface area contributed by atoms with Crippen LogP contribution in [0.15, 0.2) is 36.4 Å². The molecule has 0 aromatic heterocycles. The third-order valence-corrected chi connectivity index (χ3v) is 2.77. The molecule has 0 heterocycles. The molecule has 0 aliphatic carbocycles. The van der Waals surface area contributed by atoms with Crippen molar-refractivity contribution in [3.8, 4) is 22.6 Å². The average Bonchev–Trinajstić information content (AvgIpc) is 2.38. The number of rotatable bonds is 3. The highest BCUT2D eigenvalue weighted by atomic mass is 16.5. The van der Waals surface area contributed by atoms with Crippen LogP contribution in [0.5, 0.6) is 11.5 Å². The molecule has 2 aromatic rings. The third-order valence-electron chi connectivity index (χ3n) is 2.77. The Hall–Kier alpha value is -2.36. The largest absolute Gasteiger partial charge is 0.496 e. The van der Waals surface area contributed by atoms with Crippen LogP contribution in [0.3, 0.4) is 0 Å². The maximum absolute atomic E-state index is 6.03. The summed E-state index contributed by atoms with van der Waals surface area (Å²) in [5, 5.41) is 0. The van der Waals surface area contributed by atoms with Gasteiger partial charge < -0.3 is 20.9 Å². The third kappa shape index (κ3) is 2.05. The molecule has 0 unspecified atom stereocenters. The molecule has 2 aromatic carbocycles. The number of nitrogen functional groups attached to an aromatic ring is 2. The highest BCUT2D eigenvalue weighted by Gasteiger charge is 2.14. The van der Waals surface area contributed by atoms with Gasteiger partial charge in [-0.3, -0.25) is 0 Å². The van der Waals surface area contributed by atoms with E-state index >= 15 is 0 Å². The molecule has 4 nitrogen and oxygen atoms in total. The second-order valence-corrected chi connectivity index (χ2v) is 3.88. The van der Waals surface area contributed by atoms with Crippen LogP contribution in [-0.4, -0.2) is 14.2 Å². The Bertz CT molecular complexity index is 568. The molecule has 0 saturated carbocycles. The van der Waals surface area contributed by atoms with Gasteiger partial charge in [0.2, 0.25) is 0 Å². The van der Waals surface area contributed by atoms with Gasteiger partial charge in [0.25, 0.3) is 0 Å². The van der Waals surface area contributed by atoms with Gasteiger partial charge in [-0.2, -0.15) is 0 Å². The maximum atomic E-state index is 6.03. The lowest BCUT2D eigenvalue weighted by Crippen LogP contribution is -1.97. The first-order valence-electron chi connectivity index (χ1n) is 5.53. The van der Waals surface area contributed by atoms with Gasteiger partial charge in [0.15, 0.2) is 0 Å². The first kappa shape index (κ1) is 12.1. The molecular weight excluding hydrogens is 228 g/mol. The standard InChI is InChI=1S/C14H16N2O2/c1-17-12-7-6-9(15)8-10(12)14-11(16)4-3-5-13(14)18-2/h3-8H,15-16H2,1-2H3. The SMILES string of the molecule is COc1ccc(N)cc1-c1c(N)cccc1OC. The molecule has 0 aliphatic rings. The summed E-state index contributed by atoms with van der Waals surface area (Å²) in [5.74, 6) is 1.40. The van der Waals surface area contributed by atoms with E-state index in [0.717, 1.165) is 11.1 Å². The van der Waals surface area contributed by atoms with Crippen molar-refractivity contribution in [3.05, 3.63) is 36.4 Å². The lowest BCUT2D eigenvalue weighted by Gasteiger charge is -2.15. The predicted molar refractivity (Wildman–Crippen MR) is 73.8 cm³/mol. The Kier molecular flexibility index (Phi) is 3.28. The molecular formula is C14H16N2O2. The fourth-order valence-corrected chi connectivity index (χ4v) is 1.93. The van der Waals surface area contributed by atoms with Gasteiger partial charge in [-0.05, 0) is 30.3 Å². The van der Waals surface area contributed by atoms with E-state index in [1.54, 1.807) is 20.3 Å². The van der Waals surface area contributed by atoms with Crippen molar-refractivity contribution in [2.45, 2.75) is 0 Å². The molecule has 0 fully saturated rings. The Morgan fingerprint density at radius 2 is 1.61 bits per heavy atom. The number of hydrogen-bond donors (Lipinski definition) is 2. The molecule has 4 heteroatoms. The lowest BCUT2D eigenvalue weighted by atomic mass is 10.0. The Morgan fingerprint density at radius 1 is 0.889 bits per heavy atom. The van der Waals surface area contributed by atoms with Crippen LogP contribution in [0.1, 0.15) is 0 Å². The molecule has 0 atom stereocenters. The maximum Gasteiger partial charge on any atom is 0.128 e. The summed E-state index contributed by atoms with van der Waals surface area (Å²) in [5.41, 5.74) is 14.7. The first-order chi connectivity index (χ1) is 8.67. The van der Waals surface area contributed by atoms with E-state index in [1.165, 1.54) is 0 Å². The van der Waals surface area contributed by atoms with E-state index in [9.17, 15) is 0 Å². The van der Waals surface area contributed by atoms with Gasteiger partial charge in [-0.15, -0.1) is 0 Å². The summed E-state index contributed by atoms with van der Waals surface area (Å²) in [6, 6.07) is 10.9. The molecule has 0 spiro atoms. The zero-order chi connectivity index (χ0) is 13.1. The van der Waals surface area contributed by atoms with Crippen LogP contribution in [-0.2, 0) is 0 Å². The summed E-state index contributed by atoms with van der Waals surface area (Å²) in [6.07, 6.45) is 0. The molecule has 0 radical (unpaired) electrons. The Labute approximate surface area is 106 Å². The minimum atomic E-state index is 0.623. The van der Waals surface area contributed by atoms with Crippen LogP contribution in [0.2, 0.25) is 0 Å². The smallest absolute Gasteiger partial charge is 0.128 e. The van der Waals surface area contributed by atoms with Gasteiger partial charge in [0, 0.05) is 16.9 Å². The van der Waals surface area contributed by atoms with E-state index in [0.29, 0.717) is 22.9 Å². The van der Waals surface area contributed by atoms with Gasteiger partial charge >= 0.3 is 0 Å². The van der Waals surface area contributed by atoms with Crippen LogP contribution >= 0.6 is 0 Å². The fourth-order valence-electron chi connectivity index (χ4n) is 1.93. The first-order valence-corrected chi connectivity index (χ1v) is 5.53. The number of ether oxygens (including phenoxy) is 2. The van der Waals surface area contributed by atoms with Crippen molar-refractivity contribution in [1.29, 1.82) is 0 Å². The molecule has 0 saturated heterocycles. The topological polar surface area (TPSA) is 70.5 Å². The zero-order valence-corrected chi connectivity index (χ0v) is 10.4. The second-order valence-electron chi connectivity index (χ2n) is 3.88. The van der Waals surface area contributed by atoms with Crippen molar-refractivity contribution in [2.24, 2.45) is 0 Å². The fraction of sp³-hybridized carbons (Fsp3) is 0.143. The van der Waals surface area contributed by atoms with Crippen molar-refractivity contribution >= 4 is 11.4 Å². The molecule has 94 valence electrons. The summed E-state index contributed by atoms with van der Waals surface area (Å²) < 4.78 is 10.7. The molecule has 2 rings (SSSR count). The Balaban J connectivity index is 2.71. The predicted octanol–water partition coefficient (Wildman–Crippen LogP) is 2.54. The van der Waals surface area contributed by atoms with Crippen LogP contribution in [0.4, 0.5) is 11.4 Å². The summed E-state index contributed by atoms with van der Waals surface area (Å²) in [7, 11) is 3.22. The second kappa shape index (κ2) is 4.87. The summed E-state index contributed by atoms with van der Waals surface area (Å²) >= 11 is 0. The van der Waals surface area contributed by atoms with E-state index in [-0.39, 0.29) is 0 Å².